The van der Waals surface area contributed by atoms with Crippen LogP contribution in [0.1, 0.15) is 12.5 Å². The standard InChI is InChI=1S/C13H16N2O8S/c1-13(14-8-16,12(17)22-2)7-9-4-5-10(15(18)19)11(6-9)23-24(3,20)21/h4-6,8H,7H2,1-3H3,(H,14,16)/t13-/m1/s1. The van der Waals surface area contributed by atoms with E-state index in [1.165, 1.54) is 13.0 Å². The van der Waals surface area contributed by atoms with E-state index in [0.29, 0.717) is 12.0 Å². The second kappa shape index (κ2) is 7.25. The molecule has 0 aliphatic carbocycles. The van der Waals surface area contributed by atoms with E-state index in [9.17, 15) is 28.1 Å². The van der Waals surface area contributed by atoms with Crippen molar-refractivity contribution in [3.63, 3.8) is 0 Å². The van der Waals surface area contributed by atoms with E-state index in [1.54, 1.807) is 0 Å². The fourth-order valence-corrected chi connectivity index (χ4v) is 2.45. The summed E-state index contributed by atoms with van der Waals surface area (Å²) in [5.74, 6) is -1.23. The van der Waals surface area contributed by atoms with Gasteiger partial charge in [-0.15, -0.1) is 0 Å². The molecule has 0 aliphatic rings. The number of rotatable bonds is 8. The average molecular weight is 360 g/mol. The summed E-state index contributed by atoms with van der Waals surface area (Å²) in [4.78, 5) is 32.7. The lowest BCUT2D eigenvalue weighted by atomic mass is 9.92. The van der Waals surface area contributed by atoms with E-state index in [1.807, 2.05) is 0 Å². The van der Waals surface area contributed by atoms with Gasteiger partial charge in [0.05, 0.1) is 18.3 Å². The molecule has 1 amide bonds. The Kier molecular flexibility index (Phi) is 5.85. The largest absolute Gasteiger partial charge is 0.467 e. The molecular weight excluding hydrogens is 344 g/mol. The summed E-state index contributed by atoms with van der Waals surface area (Å²) in [7, 11) is -2.85. The number of hydrogen-bond acceptors (Lipinski definition) is 8. The highest BCUT2D eigenvalue weighted by Crippen LogP contribution is 2.30. The SMILES string of the molecule is COC(=O)[C@@](C)(Cc1ccc([N+](=O)[O-])c(OS(C)(=O)=O)c1)NC=O. The minimum absolute atomic E-state index is 0.101. The average Bonchev–Trinajstić information content (AvgIpc) is 2.44. The van der Waals surface area contributed by atoms with Crippen LogP contribution in [0.15, 0.2) is 18.2 Å². The van der Waals surface area contributed by atoms with Crippen molar-refractivity contribution in [2.45, 2.75) is 18.9 Å². The number of nitro benzene ring substituents is 1. The van der Waals surface area contributed by atoms with Gasteiger partial charge in [0, 0.05) is 12.5 Å². The minimum atomic E-state index is -3.99. The van der Waals surface area contributed by atoms with Gasteiger partial charge in [-0.05, 0) is 18.6 Å². The first-order valence-electron chi connectivity index (χ1n) is 6.49. The van der Waals surface area contributed by atoms with Gasteiger partial charge < -0.3 is 14.2 Å². The first kappa shape index (κ1) is 19.4. The first-order chi connectivity index (χ1) is 11.0. The highest BCUT2D eigenvalue weighted by atomic mass is 32.2. The number of benzene rings is 1. The van der Waals surface area contributed by atoms with Gasteiger partial charge in [-0.3, -0.25) is 14.9 Å². The summed E-state index contributed by atoms with van der Waals surface area (Å²) in [6, 6.07) is 3.49. The quantitative estimate of drug-likeness (QED) is 0.227. The van der Waals surface area contributed by atoms with E-state index in [4.69, 9.17) is 0 Å². The molecule has 10 nitrogen and oxygen atoms in total. The van der Waals surface area contributed by atoms with Gasteiger partial charge in [0.15, 0.2) is 0 Å². The van der Waals surface area contributed by atoms with Crippen molar-refractivity contribution in [1.82, 2.24) is 5.32 Å². The maximum atomic E-state index is 11.8. The Balaban J connectivity index is 3.30. The third-order valence-corrected chi connectivity index (χ3v) is 3.52. The van der Waals surface area contributed by atoms with Crippen molar-refractivity contribution in [3.05, 3.63) is 33.9 Å². The molecule has 11 heteroatoms. The molecule has 0 fully saturated rings. The Morgan fingerprint density at radius 1 is 1.46 bits per heavy atom. The topological polar surface area (TPSA) is 142 Å². The maximum Gasteiger partial charge on any atom is 0.331 e. The lowest BCUT2D eigenvalue weighted by Gasteiger charge is -2.26. The van der Waals surface area contributed by atoms with Crippen molar-refractivity contribution < 1.29 is 31.9 Å². The zero-order valence-electron chi connectivity index (χ0n) is 13.1. The minimum Gasteiger partial charge on any atom is -0.467 e. The first-order valence-corrected chi connectivity index (χ1v) is 8.30. The second-order valence-corrected chi connectivity index (χ2v) is 6.68. The van der Waals surface area contributed by atoms with Crippen LogP contribution in [0, 0.1) is 10.1 Å². The molecular formula is C13H16N2O8S. The normalized spacial score (nSPS) is 13.5. The van der Waals surface area contributed by atoms with Gasteiger partial charge in [0.1, 0.15) is 5.54 Å². The smallest absolute Gasteiger partial charge is 0.331 e. The van der Waals surface area contributed by atoms with Gasteiger partial charge in [-0.1, -0.05) is 6.07 Å². The summed E-state index contributed by atoms with van der Waals surface area (Å²) in [6.07, 6.45) is 0.961. The Bertz CT molecular complexity index is 761. The van der Waals surface area contributed by atoms with E-state index >= 15 is 0 Å². The van der Waals surface area contributed by atoms with Crippen molar-refractivity contribution >= 4 is 28.2 Å². The molecule has 24 heavy (non-hydrogen) atoms. The van der Waals surface area contributed by atoms with Crippen molar-refractivity contribution in [2.24, 2.45) is 0 Å². The van der Waals surface area contributed by atoms with Crippen LogP contribution >= 0.6 is 0 Å². The molecule has 1 rings (SSSR count). The number of amides is 1. The van der Waals surface area contributed by atoms with Crippen molar-refractivity contribution in [1.29, 1.82) is 0 Å². The molecule has 0 unspecified atom stereocenters. The Morgan fingerprint density at radius 2 is 2.08 bits per heavy atom. The fraction of sp³-hybridized carbons (Fsp3) is 0.385. The van der Waals surface area contributed by atoms with Crippen LogP contribution in [-0.2, 0) is 30.9 Å². The van der Waals surface area contributed by atoms with Crippen molar-refractivity contribution in [2.75, 3.05) is 13.4 Å². The van der Waals surface area contributed by atoms with E-state index < -0.39 is 38.0 Å². The second-order valence-electron chi connectivity index (χ2n) is 5.11. The van der Waals surface area contributed by atoms with Crippen LogP contribution < -0.4 is 9.50 Å². The number of esters is 1. The molecule has 0 saturated heterocycles. The monoisotopic (exact) mass is 360 g/mol. The van der Waals surface area contributed by atoms with Gasteiger partial charge in [0.25, 0.3) is 0 Å². The predicted molar refractivity (Wildman–Crippen MR) is 81.9 cm³/mol. The number of nitrogens with zero attached hydrogens (tertiary/aromatic N) is 1. The van der Waals surface area contributed by atoms with E-state index in [-0.39, 0.29) is 6.42 Å². The summed E-state index contributed by atoms with van der Waals surface area (Å²) in [6.45, 7) is 1.39. The summed E-state index contributed by atoms with van der Waals surface area (Å²) >= 11 is 0. The Morgan fingerprint density at radius 3 is 2.54 bits per heavy atom. The van der Waals surface area contributed by atoms with Gasteiger partial charge in [-0.2, -0.15) is 8.42 Å². The molecule has 1 aromatic rings. The molecule has 0 saturated carbocycles. The number of nitrogens with one attached hydrogen (secondary N) is 1. The van der Waals surface area contributed by atoms with Crippen LogP contribution in [-0.4, -0.2) is 44.6 Å². The molecule has 1 N–H and O–H groups in total. The summed E-state index contributed by atoms with van der Waals surface area (Å²) < 4.78 is 31.7. The van der Waals surface area contributed by atoms with Gasteiger partial charge in [0.2, 0.25) is 12.2 Å². The highest BCUT2D eigenvalue weighted by molar-refractivity contribution is 7.86. The fourth-order valence-electron chi connectivity index (χ4n) is 1.99. The van der Waals surface area contributed by atoms with Crippen LogP contribution in [0.3, 0.4) is 0 Å². The van der Waals surface area contributed by atoms with Crippen molar-refractivity contribution in [3.8, 4) is 5.75 Å². The third kappa shape index (κ3) is 4.91. The van der Waals surface area contributed by atoms with Crippen LogP contribution in [0.5, 0.6) is 5.75 Å². The molecule has 1 atom stereocenters. The number of carbonyl (C=O) groups is 2. The zero-order valence-corrected chi connectivity index (χ0v) is 14.0. The highest BCUT2D eigenvalue weighted by Gasteiger charge is 2.34. The molecule has 132 valence electrons. The summed E-state index contributed by atoms with van der Waals surface area (Å²) in [5.41, 5.74) is -1.66. The molecule has 0 heterocycles. The molecule has 0 aliphatic heterocycles. The number of hydrogen-bond donors (Lipinski definition) is 1. The van der Waals surface area contributed by atoms with E-state index in [2.05, 4.69) is 14.2 Å². The number of ether oxygens (including phenoxy) is 1. The van der Waals surface area contributed by atoms with Crippen LogP contribution in [0.25, 0.3) is 0 Å². The Labute approximate surface area is 138 Å². The van der Waals surface area contributed by atoms with Crippen LogP contribution in [0.4, 0.5) is 5.69 Å². The lowest BCUT2D eigenvalue weighted by molar-refractivity contribution is -0.385. The van der Waals surface area contributed by atoms with Gasteiger partial charge >= 0.3 is 21.8 Å². The zero-order chi connectivity index (χ0) is 18.5. The molecule has 0 aromatic heterocycles. The Hall–Kier alpha value is -2.69. The molecule has 0 bridgehead atoms. The summed E-state index contributed by atoms with van der Waals surface area (Å²) in [5, 5.41) is 13.3. The molecule has 1 aromatic carbocycles. The number of methoxy groups -OCH3 is 1. The number of carbonyl (C=O) groups excluding carboxylic acids is 2. The van der Waals surface area contributed by atoms with E-state index in [0.717, 1.165) is 25.5 Å². The molecule has 0 spiro atoms. The van der Waals surface area contributed by atoms with Gasteiger partial charge in [-0.25, -0.2) is 4.79 Å². The maximum absolute atomic E-state index is 11.8. The number of nitro groups is 1. The lowest BCUT2D eigenvalue weighted by Crippen LogP contribution is -2.51. The van der Waals surface area contributed by atoms with Crippen LogP contribution in [0.2, 0.25) is 0 Å². The predicted octanol–water partition coefficient (Wildman–Crippen LogP) is 0.153. The third-order valence-electron chi connectivity index (χ3n) is 3.03. The molecule has 0 radical (unpaired) electrons.